The van der Waals surface area contributed by atoms with Gasteiger partial charge in [0.2, 0.25) is 0 Å². The molecule has 0 saturated carbocycles. The second-order valence-corrected chi connectivity index (χ2v) is 5.50. The number of carbonyl (C=O) groups excluding carboxylic acids is 1. The monoisotopic (exact) mass is 313 g/mol. The number of hydrogen-bond acceptors (Lipinski definition) is 3. The highest BCUT2D eigenvalue weighted by Gasteiger charge is 2.16. The summed E-state index contributed by atoms with van der Waals surface area (Å²) < 4.78 is 10.8. The molecule has 0 aliphatic heterocycles. The Balaban J connectivity index is 1.85. The van der Waals surface area contributed by atoms with E-state index in [2.05, 4.69) is 24.4 Å². The molecule has 0 heterocycles. The highest BCUT2D eigenvalue weighted by molar-refractivity contribution is 5.80. The smallest absolute Gasteiger partial charge is 0.260 e. The molecule has 0 saturated heterocycles. The molecular weight excluding hydrogens is 290 g/mol. The molecule has 23 heavy (non-hydrogen) atoms. The third kappa shape index (κ3) is 5.02. The molecule has 1 amide bonds. The molecule has 0 unspecified atom stereocenters. The maximum atomic E-state index is 12.2. The fraction of sp³-hybridized carbons (Fsp3) is 0.316. The Labute approximate surface area is 137 Å². The standard InChI is InChI=1S/C19H23NO3/c1-14(16-8-5-4-6-9-16)13-20-19(21)15(2)23-18-11-7-10-17(12-18)22-3/h4-12,14-15H,13H2,1-3H3,(H,20,21)/t14-,15-/m1/s1. The summed E-state index contributed by atoms with van der Waals surface area (Å²) in [6.07, 6.45) is -0.565. The Morgan fingerprint density at radius 3 is 2.43 bits per heavy atom. The minimum atomic E-state index is -0.565. The van der Waals surface area contributed by atoms with E-state index in [1.165, 1.54) is 5.56 Å². The van der Waals surface area contributed by atoms with Crippen molar-refractivity contribution in [3.8, 4) is 11.5 Å². The SMILES string of the molecule is COc1cccc(O[C@H](C)C(=O)NC[C@@H](C)c2ccccc2)c1. The molecule has 2 aromatic rings. The van der Waals surface area contributed by atoms with Gasteiger partial charge in [-0.1, -0.05) is 43.3 Å². The van der Waals surface area contributed by atoms with Crippen molar-refractivity contribution in [1.29, 1.82) is 0 Å². The van der Waals surface area contributed by atoms with Gasteiger partial charge in [-0.25, -0.2) is 0 Å². The van der Waals surface area contributed by atoms with Crippen LogP contribution in [0.25, 0.3) is 0 Å². The van der Waals surface area contributed by atoms with Crippen LogP contribution in [0.5, 0.6) is 11.5 Å². The number of benzene rings is 2. The summed E-state index contributed by atoms with van der Waals surface area (Å²) in [6, 6.07) is 17.3. The highest BCUT2D eigenvalue weighted by Crippen LogP contribution is 2.20. The van der Waals surface area contributed by atoms with Gasteiger partial charge in [-0.2, -0.15) is 0 Å². The van der Waals surface area contributed by atoms with E-state index in [0.29, 0.717) is 18.0 Å². The van der Waals surface area contributed by atoms with Crippen LogP contribution in [0.4, 0.5) is 0 Å². The Morgan fingerprint density at radius 2 is 1.74 bits per heavy atom. The van der Waals surface area contributed by atoms with Crippen molar-refractivity contribution in [3.05, 3.63) is 60.2 Å². The number of methoxy groups -OCH3 is 1. The molecule has 122 valence electrons. The Kier molecular flexibility index (Phi) is 6.03. The summed E-state index contributed by atoms with van der Waals surface area (Å²) in [5.74, 6) is 1.44. The summed E-state index contributed by atoms with van der Waals surface area (Å²) in [6.45, 7) is 4.40. The van der Waals surface area contributed by atoms with E-state index < -0.39 is 6.10 Å². The fourth-order valence-electron chi connectivity index (χ4n) is 2.23. The Hall–Kier alpha value is -2.49. The molecule has 0 bridgehead atoms. The van der Waals surface area contributed by atoms with Gasteiger partial charge in [0.15, 0.2) is 6.10 Å². The van der Waals surface area contributed by atoms with E-state index in [9.17, 15) is 4.79 Å². The van der Waals surface area contributed by atoms with Crippen LogP contribution in [0, 0.1) is 0 Å². The summed E-state index contributed by atoms with van der Waals surface area (Å²) in [7, 11) is 1.60. The zero-order valence-electron chi connectivity index (χ0n) is 13.8. The number of nitrogens with one attached hydrogen (secondary N) is 1. The lowest BCUT2D eigenvalue weighted by atomic mass is 10.0. The number of carbonyl (C=O) groups is 1. The molecule has 1 N–H and O–H groups in total. The Morgan fingerprint density at radius 1 is 1.04 bits per heavy atom. The molecule has 0 aliphatic rings. The molecule has 0 spiro atoms. The van der Waals surface area contributed by atoms with E-state index in [0.717, 1.165) is 0 Å². The average Bonchev–Trinajstić information content (AvgIpc) is 2.60. The van der Waals surface area contributed by atoms with Gasteiger partial charge in [0.05, 0.1) is 7.11 Å². The fourth-order valence-corrected chi connectivity index (χ4v) is 2.23. The van der Waals surface area contributed by atoms with E-state index in [1.54, 1.807) is 26.2 Å². The molecular formula is C19H23NO3. The van der Waals surface area contributed by atoms with E-state index in [4.69, 9.17) is 9.47 Å². The van der Waals surface area contributed by atoms with Gasteiger partial charge in [-0.3, -0.25) is 4.79 Å². The first-order valence-electron chi connectivity index (χ1n) is 7.73. The first-order chi connectivity index (χ1) is 11.1. The third-order valence-corrected chi connectivity index (χ3v) is 3.67. The molecule has 4 heteroatoms. The van der Waals surface area contributed by atoms with Gasteiger partial charge in [0, 0.05) is 12.6 Å². The molecule has 2 rings (SSSR count). The van der Waals surface area contributed by atoms with Crippen molar-refractivity contribution in [2.45, 2.75) is 25.9 Å². The van der Waals surface area contributed by atoms with Crippen LogP contribution < -0.4 is 14.8 Å². The van der Waals surface area contributed by atoms with Crippen molar-refractivity contribution in [3.63, 3.8) is 0 Å². The lowest BCUT2D eigenvalue weighted by Gasteiger charge is -2.17. The van der Waals surface area contributed by atoms with Gasteiger partial charge in [0.1, 0.15) is 11.5 Å². The van der Waals surface area contributed by atoms with Gasteiger partial charge >= 0.3 is 0 Å². The van der Waals surface area contributed by atoms with Crippen LogP contribution >= 0.6 is 0 Å². The lowest BCUT2D eigenvalue weighted by molar-refractivity contribution is -0.127. The summed E-state index contributed by atoms with van der Waals surface area (Å²) in [5.41, 5.74) is 1.20. The minimum absolute atomic E-state index is 0.129. The number of ether oxygens (including phenoxy) is 2. The molecule has 4 nitrogen and oxygen atoms in total. The van der Waals surface area contributed by atoms with Crippen molar-refractivity contribution < 1.29 is 14.3 Å². The summed E-state index contributed by atoms with van der Waals surface area (Å²) in [5, 5.41) is 2.93. The minimum Gasteiger partial charge on any atom is -0.497 e. The highest BCUT2D eigenvalue weighted by atomic mass is 16.5. The zero-order valence-corrected chi connectivity index (χ0v) is 13.8. The van der Waals surface area contributed by atoms with E-state index in [-0.39, 0.29) is 11.8 Å². The van der Waals surface area contributed by atoms with Crippen molar-refractivity contribution in [2.24, 2.45) is 0 Å². The normalized spacial score (nSPS) is 13.0. The van der Waals surface area contributed by atoms with Gasteiger partial charge < -0.3 is 14.8 Å². The largest absolute Gasteiger partial charge is 0.497 e. The van der Waals surface area contributed by atoms with Gasteiger partial charge in [-0.05, 0) is 30.5 Å². The first-order valence-corrected chi connectivity index (χ1v) is 7.73. The third-order valence-electron chi connectivity index (χ3n) is 3.67. The number of rotatable bonds is 7. The lowest BCUT2D eigenvalue weighted by Crippen LogP contribution is -2.38. The van der Waals surface area contributed by atoms with Gasteiger partial charge in [-0.15, -0.1) is 0 Å². The van der Waals surface area contributed by atoms with Crippen LogP contribution in [0.15, 0.2) is 54.6 Å². The van der Waals surface area contributed by atoms with Crippen molar-refractivity contribution >= 4 is 5.91 Å². The second-order valence-electron chi connectivity index (χ2n) is 5.50. The Bertz CT molecular complexity index is 628. The molecule has 0 fully saturated rings. The van der Waals surface area contributed by atoms with E-state index >= 15 is 0 Å². The maximum absolute atomic E-state index is 12.2. The van der Waals surface area contributed by atoms with Crippen molar-refractivity contribution in [1.82, 2.24) is 5.32 Å². The molecule has 0 radical (unpaired) electrons. The van der Waals surface area contributed by atoms with Gasteiger partial charge in [0.25, 0.3) is 5.91 Å². The molecule has 0 aromatic heterocycles. The predicted molar refractivity (Wildman–Crippen MR) is 91.0 cm³/mol. The number of hydrogen-bond donors (Lipinski definition) is 1. The molecule has 2 aromatic carbocycles. The van der Waals surface area contributed by atoms with Crippen molar-refractivity contribution in [2.75, 3.05) is 13.7 Å². The topological polar surface area (TPSA) is 47.6 Å². The maximum Gasteiger partial charge on any atom is 0.260 e. The van der Waals surface area contributed by atoms with Crippen LogP contribution in [-0.2, 0) is 4.79 Å². The summed E-state index contributed by atoms with van der Waals surface area (Å²) >= 11 is 0. The van der Waals surface area contributed by atoms with Crippen LogP contribution in [-0.4, -0.2) is 25.7 Å². The predicted octanol–water partition coefficient (Wildman–Crippen LogP) is 3.38. The zero-order chi connectivity index (χ0) is 16.7. The second kappa shape index (κ2) is 8.22. The molecule has 2 atom stereocenters. The quantitative estimate of drug-likeness (QED) is 0.852. The van der Waals surface area contributed by atoms with E-state index in [1.807, 2.05) is 30.3 Å². The average molecular weight is 313 g/mol. The van der Waals surface area contributed by atoms with Crippen LogP contribution in [0.1, 0.15) is 25.3 Å². The van der Waals surface area contributed by atoms with Crippen LogP contribution in [0.2, 0.25) is 0 Å². The summed E-state index contributed by atoms with van der Waals surface area (Å²) in [4.78, 5) is 12.2. The first kappa shape index (κ1) is 16.9. The number of amides is 1. The molecule has 0 aliphatic carbocycles. The van der Waals surface area contributed by atoms with Crippen LogP contribution in [0.3, 0.4) is 0 Å².